The van der Waals surface area contributed by atoms with Gasteiger partial charge in [0, 0.05) is 12.8 Å². The molecule has 6 nitrogen and oxygen atoms in total. The minimum absolute atomic E-state index is 0.0120. The molecule has 2 unspecified atom stereocenters. The highest BCUT2D eigenvalue weighted by atomic mass is 16.5. The molecule has 412 valence electrons. The number of carbonyl (C=O) groups is 2. The van der Waals surface area contributed by atoms with Crippen LogP contribution in [0.25, 0.3) is 0 Å². The van der Waals surface area contributed by atoms with Crippen LogP contribution < -0.4 is 5.32 Å². The lowest BCUT2D eigenvalue weighted by atomic mass is 10.0. The molecule has 0 aromatic rings. The normalized spacial score (nSPS) is 12.8. The second-order valence-corrected chi connectivity index (χ2v) is 21.4. The first-order valence-electron chi connectivity index (χ1n) is 31.3. The minimum atomic E-state index is -0.847. The van der Waals surface area contributed by atoms with Crippen LogP contribution in [-0.4, -0.2) is 47.4 Å². The number of ether oxygens (including phenoxy) is 1. The summed E-state index contributed by atoms with van der Waals surface area (Å²) in [6.07, 6.45) is 74.8. The first kappa shape index (κ1) is 68.1. The van der Waals surface area contributed by atoms with Gasteiger partial charge in [-0.2, -0.15) is 0 Å². The van der Waals surface area contributed by atoms with Crippen LogP contribution >= 0.6 is 0 Å². The summed E-state index contributed by atoms with van der Waals surface area (Å²) in [4.78, 5) is 24.5. The summed E-state index contributed by atoms with van der Waals surface area (Å²) < 4.78 is 5.49. The summed E-state index contributed by atoms with van der Waals surface area (Å²) >= 11 is 0. The average molecular weight is 985 g/mol. The fourth-order valence-electron chi connectivity index (χ4n) is 9.61. The molecule has 2 atom stereocenters. The number of unbranched alkanes of at least 4 members (excludes halogenated alkanes) is 43. The molecule has 0 aliphatic carbocycles. The van der Waals surface area contributed by atoms with E-state index in [2.05, 4.69) is 43.5 Å². The molecule has 0 aliphatic rings. The molecule has 0 bridgehead atoms. The number of carbonyl (C=O) groups excluding carboxylic acids is 2. The number of amides is 1. The van der Waals surface area contributed by atoms with Gasteiger partial charge in [0.25, 0.3) is 0 Å². The Labute approximate surface area is 436 Å². The Morgan fingerprint density at radius 2 is 0.714 bits per heavy atom. The van der Waals surface area contributed by atoms with E-state index in [1.54, 1.807) is 6.08 Å². The zero-order valence-corrected chi connectivity index (χ0v) is 47.0. The number of nitrogens with one attached hydrogen (secondary N) is 1. The van der Waals surface area contributed by atoms with E-state index in [1.807, 2.05) is 6.08 Å². The number of hydrogen-bond donors (Lipinski definition) is 3. The van der Waals surface area contributed by atoms with Crippen molar-refractivity contribution in [3.8, 4) is 0 Å². The Bertz CT molecular complexity index is 1130. The maximum absolute atomic E-state index is 12.4. The fraction of sp³-hybridized carbons (Fsp3) is 0.875. The second-order valence-electron chi connectivity index (χ2n) is 21.4. The molecule has 0 aliphatic heterocycles. The zero-order valence-electron chi connectivity index (χ0n) is 47.0. The van der Waals surface area contributed by atoms with Gasteiger partial charge >= 0.3 is 5.97 Å². The van der Waals surface area contributed by atoms with Crippen molar-refractivity contribution in [2.75, 3.05) is 13.2 Å². The van der Waals surface area contributed by atoms with Crippen molar-refractivity contribution in [1.82, 2.24) is 5.32 Å². The second kappa shape index (κ2) is 59.6. The quantitative estimate of drug-likeness (QED) is 0.0321. The lowest BCUT2D eigenvalue weighted by molar-refractivity contribution is -0.143. The molecule has 0 heterocycles. The lowest BCUT2D eigenvalue weighted by Gasteiger charge is -2.20. The summed E-state index contributed by atoms with van der Waals surface area (Å²) in [5.41, 5.74) is 0. The number of hydrogen-bond acceptors (Lipinski definition) is 5. The SMILES string of the molecule is CCCCCCCCCCCC/C=C/C(O)C(CO)NC(=O)CCCCCCCCCCC/C=C\C/C=C\CCCCCCCCCCCOC(=O)CCCCCCCCCCCCCCCCCC. The van der Waals surface area contributed by atoms with E-state index in [4.69, 9.17) is 4.74 Å². The topological polar surface area (TPSA) is 95.9 Å². The van der Waals surface area contributed by atoms with Gasteiger partial charge in [-0.1, -0.05) is 294 Å². The van der Waals surface area contributed by atoms with Crippen molar-refractivity contribution in [1.29, 1.82) is 0 Å². The Morgan fingerprint density at radius 1 is 0.400 bits per heavy atom. The molecule has 0 rings (SSSR count). The molecule has 6 heteroatoms. The molecular weight excluding hydrogens is 863 g/mol. The van der Waals surface area contributed by atoms with Gasteiger partial charge in [-0.25, -0.2) is 0 Å². The molecule has 0 saturated heterocycles. The number of esters is 1. The van der Waals surface area contributed by atoms with Gasteiger partial charge in [-0.15, -0.1) is 0 Å². The molecule has 0 fully saturated rings. The summed E-state index contributed by atoms with van der Waals surface area (Å²) in [6, 6.07) is -0.631. The predicted octanol–water partition coefficient (Wildman–Crippen LogP) is 19.6. The van der Waals surface area contributed by atoms with Crippen LogP contribution in [0.4, 0.5) is 0 Å². The van der Waals surface area contributed by atoms with Gasteiger partial charge in [0.15, 0.2) is 0 Å². The van der Waals surface area contributed by atoms with Gasteiger partial charge in [0.05, 0.1) is 25.4 Å². The molecular formula is C64H121NO5. The average Bonchev–Trinajstić information content (AvgIpc) is 3.36. The number of aliphatic hydroxyl groups excluding tert-OH is 2. The summed E-state index contributed by atoms with van der Waals surface area (Å²) in [7, 11) is 0. The van der Waals surface area contributed by atoms with E-state index in [9.17, 15) is 19.8 Å². The monoisotopic (exact) mass is 984 g/mol. The summed E-state index contributed by atoms with van der Waals surface area (Å²) in [5, 5.41) is 23.0. The molecule has 0 spiro atoms. The van der Waals surface area contributed by atoms with Crippen molar-refractivity contribution in [2.24, 2.45) is 0 Å². The van der Waals surface area contributed by atoms with Crippen LogP contribution in [0.1, 0.15) is 335 Å². The Hall–Kier alpha value is -1.92. The van der Waals surface area contributed by atoms with Crippen LogP contribution in [0.5, 0.6) is 0 Å². The minimum Gasteiger partial charge on any atom is -0.466 e. The smallest absolute Gasteiger partial charge is 0.305 e. The van der Waals surface area contributed by atoms with E-state index >= 15 is 0 Å². The number of rotatable bonds is 58. The third-order valence-corrected chi connectivity index (χ3v) is 14.4. The van der Waals surface area contributed by atoms with Gasteiger partial charge in [0.2, 0.25) is 5.91 Å². The highest BCUT2D eigenvalue weighted by molar-refractivity contribution is 5.76. The summed E-state index contributed by atoms with van der Waals surface area (Å²) in [6.45, 7) is 4.91. The van der Waals surface area contributed by atoms with Crippen LogP contribution in [0.2, 0.25) is 0 Å². The Balaban J connectivity index is 3.42. The number of aliphatic hydroxyl groups is 2. The van der Waals surface area contributed by atoms with Gasteiger partial charge in [-0.05, 0) is 64.2 Å². The fourth-order valence-corrected chi connectivity index (χ4v) is 9.61. The largest absolute Gasteiger partial charge is 0.466 e. The van der Waals surface area contributed by atoms with Crippen LogP contribution in [-0.2, 0) is 14.3 Å². The van der Waals surface area contributed by atoms with E-state index in [0.29, 0.717) is 19.4 Å². The standard InChI is InChI=1S/C64H121NO5/c1-3-5-7-9-11-13-15-17-18-31-34-38-42-46-50-54-58-64(69)70-59-55-51-47-43-39-35-32-29-27-25-23-21-19-20-22-24-26-28-30-33-37-41-45-49-53-57-63(68)65-61(60-66)62(67)56-52-48-44-40-36-16-14-12-10-8-6-4-2/h20-23,52,56,61-62,66-67H,3-19,24-51,53-55,57-60H2,1-2H3,(H,65,68)/b22-20-,23-21-,56-52+. The van der Waals surface area contributed by atoms with Crippen molar-refractivity contribution < 1.29 is 24.5 Å². The highest BCUT2D eigenvalue weighted by Gasteiger charge is 2.18. The maximum atomic E-state index is 12.4. The van der Waals surface area contributed by atoms with Crippen molar-refractivity contribution >= 4 is 11.9 Å². The van der Waals surface area contributed by atoms with Crippen molar-refractivity contribution in [3.63, 3.8) is 0 Å². The third kappa shape index (κ3) is 55.4. The Morgan fingerprint density at radius 3 is 1.09 bits per heavy atom. The van der Waals surface area contributed by atoms with Crippen LogP contribution in [0.15, 0.2) is 36.5 Å². The molecule has 0 aromatic heterocycles. The first-order chi connectivity index (χ1) is 34.5. The van der Waals surface area contributed by atoms with Gasteiger partial charge in [0.1, 0.15) is 0 Å². The van der Waals surface area contributed by atoms with E-state index in [1.165, 1.54) is 263 Å². The van der Waals surface area contributed by atoms with Crippen LogP contribution in [0.3, 0.4) is 0 Å². The molecule has 70 heavy (non-hydrogen) atoms. The maximum Gasteiger partial charge on any atom is 0.305 e. The van der Waals surface area contributed by atoms with E-state index in [-0.39, 0.29) is 18.5 Å². The van der Waals surface area contributed by atoms with Crippen molar-refractivity contribution in [2.45, 2.75) is 347 Å². The van der Waals surface area contributed by atoms with E-state index in [0.717, 1.165) is 44.9 Å². The molecule has 3 N–H and O–H groups in total. The first-order valence-corrected chi connectivity index (χ1v) is 31.3. The lowest BCUT2D eigenvalue weighted by Crippen LogP contribution is -2.45. The zero-order chi connectivity index (χ0) is 50.7. The number of allylic oxidation sites excluding steroid dienone is 5. The van der Waals surface area contributed by atoms with E-state index < -0.39 is 12.1 Å². The summed E-state index contributed by atoms with van der Waals surface area (Å²) in [5.74, 6) is -0.0624. The highest BCUT2D eigenvalue weighted by Crippen LogP contribution is 2.17. The molecule has 0 radical (unpaired) electrons. The van der Waals surface area contributed by atoms with Gasteiger partial charge in [-0.3, -0.25) is 9.59 Å². The molecule has 0 saturated carbocycles. The third-order valence-electron chi connectivity index (χ3n) is 14.4. The molecule has 1 amide bonds. The Kier molecular flexibility index (Phi) is 58.0. The van der Waals surface area contributed by atoms with Gasteiger partial charge < -0.3 is 20.3 Å². The molecule has 0 aromatic carbocycles. The van der Waals surface area contributed by atoms with Crippen LogP contribution in [0, 0.1) is 0 Å². The predicted molar refractivity (Wildman–Crippen MR) is 306 cm³/mol. The van der Waals surface area contributed by atoms with Crippen molar-refractivity contribution in [3.05, 3.63) is 36.5 Å².